The Morgan fingerprint density at radius 1 is 1.10 bits per heavy atom. The van der Waals surface area contributed by atoms with Crippen LogP contribution in [0, 0.1) is 5.82 Å². The summed E-state index contributed by atoms with van der Waals surface area (Å²) in [5, 5.41) is 2.29. The van der Waals surface area contributed by atoms with E-state index in [-0.39, 0.29) is 16.9 Å². The SMILES string of the molecule is Nc1cc(F)cc(NC(=O)c2cccc(C(F)(F)F)c2)c1. The van der Waals surface area contributed by atoms with Crippen LogP contribution in [0.1, 0.15) is 15.9 Å². The van der Waals surface area contributed by atoms with Crippen LogP contribution in [0.25, 0.3) is 0 Å². The molecule has 0 heterocycles. The minimum Gasteiger partial charge on any atom is -0.399 e. The minimum atomic E-state index is -4.54. The number of halogens is 4. The number of amides is 1. The highest BCUT2D eigenvalue weighted by Crippen LogP contribution is 2.29. The van der Waals surface area contributed by atoms with Crippen LogP contribution >= 0.6 is 0 Å². The largest absolute Gasteiger partial charge is 0.416 e. The van der Waals surface area contributed by atoms with Gasteiger partial charge in [-0.15, -0.1) is 0 Å². The number of benzene rings is 2. The summed E-state index contributed by atoms with van der Waals surface area (Å²) in [6.45, 7) is 0. The van der Waals surface area contributed by atoms with E-state index in [1.807, 2.05) is 0 Å². The number of carbonyl (C=O) groups is 1. The Hall–Kier alpha value is -2.57. The van der Waals surface area contributed by atoms with Gasteiger partial charge < -0.3 is 11.1 Å². The molecular formula is C14H10F4N2O. The molecule has 0 fully saturated rings. The van der Waals surface area contributed by atoms with Crippen LogP contribution in [0.15, 0.2) is 42.5 Å². The molecule has 2 aromatic rings. The minimum absolute atomic E-state index is 0.0647. The highest BCUT2D eigenvalue weighted by atomic mass is 19.4. The Balaban J connectivity index is 2.24. The van der Waals surface area contributed by atoms with Crippen molar-refractivity contribution in [2.24, 2.45) is 0 Å². The number of anilines is 2. The first kappa shape index (κ1) is 14.8. The zero-order valence-corrected chi connectivity index (χ0v) is 10.5. The van der Waals surface area contributed by atoms with Crippen molar-refractivity contribution in [3.05, 3.63) is 59.4 Å². The summed E-state index contributed by atoms with van der Waals surface area (Å²) < 4.78 is 50.8. The van der Waals surface area contributed by atoms with Crippen molar-refractivity contribution in [3.8, 4) is 0 Å². The third kappa shape index (κ3) is 3.71. The van der Waals surface area contributed by atoms with Gasteiger partial charge >= 0.3 is 6.18 Å². The third-order valence-corrected chi connectivity index (χ3v) is 2.63. The third-order valence-electron chi connectivity index (χ3n) is 2.63. The van der Waals surface area contributed by atoms with Gasteiger partial charge in [0.2, 0.25) is 0 Å². The molecule has 0 saturated carbocycles. The van der Waals surface area contributed by atoms with Crippen LogP contribution in [0.4, 0.5) is 28.9 Å². The van der Waals surface area contributed by atoms with Crippen molar-refractivity contribution in [1.82, 2.24) is 0 Å². The summed E-state index contributed by atoms with van der Waals surface area (Å²) in [5.74, 6) is -1.44. The molecule has 0 aliphatic rings. The fraction of sp³-hybridized carbons (Fsp3) is 0.0714. The average Bonchev–Trinajstić information content (AvgIpc) is 2.36. The van der Waals surface area contributed by atoms with Crippen LogP contribution < -0.4 is 11.1 Å². The molecule has 0 aromatic heterocycles. The lowest BCUT2D eigenvalue weighted by atomic mass is 10.1. The second-order valence-electron chi connectivity index (χ2n) is 4.31. The molecule has 0 atom stereocenters. The van der Waals surface area contributed by atoms with Crippen molar-refractivity contribution < 1.29 is 22.4 Å². The molecular weight excluding hydrogens is 288 g/mol. The van der Waals surface area contributed by atoms with E-state index < -0.39 is 23.5 Å². The Kier molecular flexibility index (Phi) is 3.84. The van der Waals surface area contributed by atoms with E-state index in [2.05, 4.69) is 5.32 Å². The number of nitrogen functional groups attached to an aromatic ring is 1. The van der Waals surface area contributed by atoms with E-state index >= 15 is 0 Å². The average molecular weight is 298 g/mol. The van der Waals surface area contributed by atoms with E-state index in [0.29, 0.717) is 0 Å². The summed E-state index contributed by atoms with van der Waals surface area (Å²) in [4.78, 5) is 11.9. The summed E-state index contributed by atoms with van der Waals surface area (Å²) in [5.41, 5.74) is 4.45. The molecule has 0 radical (unpaired) electrons. The first-order chi connectivity index (χ1) is 9.75. The molecule has 3 nitrogen and oxygen atoms in total. The topological polar surface area (TPSA) is 55.1 Å². The number of rotatable bonds is 2. The lowest BCUT2D eigenvalue weighted by molar-refractivity contribution is -0.137. The maximum absolute atomic E-state index is 13.1. The number of hydrogen-bond acceptors (Lipinski definition) is 2. The smallest absolute Gasteiger partial charge is 0.399 e. The van der Waals surface area contributed by atoms with Crippen molar-refractivity contribution in [2.75, 3.05) is 11.1 Å². The molecule has 2 rings (SSSR count). The van der Waals surface area contributed by atoms with Gasteiger partial charge in [-0.25, -0.2) is 4.39 Å². The summed E-state index contributed by atoms with van der Waals surface area (Å²) in [6, 6.07) is 7.30. The quantitative estimate of drug-likeness (QED) is 0.656. The summed E-state index contributed by atoms with van der Waals surface area (Å²) >= 11 is 0. The van der Waals surface area contributed by atoms with E-state index in [1.54, 1.807) is 0 Å². The van der Waals surface area contributed by atoms with Crippen molar-refractivity contribution >= 4 is 17.3 Å². The molecule has 0 unspecified atom stereocenters. The number of hydrogen-bond donors (Lipinski definition) is 2. The van der Waals surface area contributed by atoms with Crippen molar-refractivity contribution in [3.63, 3.8) is 0 Å². The number of nitrogens with two attached hydrogens (primary N) is 1. The van der Waals surface area contributed by atoms with Gasteiger partial charge in [0.15, 0.2) is 0 Å². The molecule has 0 aliphatic heterocycles. The van der Waals surface area contributed by atoms with E-state index in [1.165, 1.54) is 12.1 Å². The van der Waals surface area contributed by atoms with Gasteiger partial charge in [-0.05, 0) is 36.4 Å². The van der Waals surface area contributed by atoms with Crippen LogP contribution in [0.5, 0.6) is 0 Å². The zero-order valence-electron chi connectivity index (χ0n) is 10.5. The van der Waals surface area contributed by atoms with Gasteiger partial charge in [0, 0.05) is 16.9 Å². The van der Waals surface area contributed by atoms with Crippen LogP contribution in [-0.4, -0.2) is 5.91 Å². The van der Waals surface area contributed by atoms with Crippen LogP contribution in [-0.2, 0) is 6.18 Å². The van der Waals surface area contributed by atoms with Gasteiger partial charge in [0.05, 0.1) is 5.56 Å². The van der Waals surface area contributed by atoms with Crippen LogP contribution in [0.2, 0.25) is 0 Å². The van der Waals surface area contributed by atoms with Gasteiger partial charge in [-0.2, -0.15) is 13.2 Å². The molecule has 21 heavy (non-hydrogen) atoms. The lowest BCUT2D eigenvalue weighted by Gasteiger charge is -2.09. The Morgan fingerprint density at radius 2 is 1.81 bits per heavy atom. The number of nitrogens with one attached hydrogen (secondary N) is 1. The lowest BCUT2D eigenvalue weighted by Crippen LogP contribution is -2.14. The van der Waals surface area contributed by atoms with E-state index in [9.17, 15) is 22.4 Å². The monoisotopic (exact) mass is 298 g/mol. The Morgan fingerprint density at radius 3 is 2.43 bits per heavy atom. The van der Waals surface area contributed by atoms with Gasteiger partial charge in [0.25, 0.3) is 5.91 Å². The summed E-state index contributed by atoms with van der Waals surface area (Å²) in [7, 11) is 0. The van der Waals surface area contributed by atoms with E-state index in [0.717, 1.165) is 30.3 Å². The highest BCUT2D eigenvalue weighted by molar-refractivity contribution is 6.04. The zero-order chi connectivity index (χ0) is 15.6. The number of carbonyl (C=O) groups excluding carboxylic acids is 1. The molecule has 2 aromatic carbocycles. The maximum atomic E-state index is 13.1. The first-order valence-electron chi connectivity index (χ1n) is 5.80. The predicted molar refractivity (Wildman–Crippen MR) is 70.2 cm³/mol. The molecule has 0 aliphatic carbocycles. The van der Waals surface area contributed by atoms with Crippen LogP contribution in [0.3, 0.4) is 0 Å². The fourth-order valence-electron chi connectivity index (χ4n) is 1.72. The normalized spacial score (nSPS) is 11.2. The number of alkyl halides is 3. The summed E-state index contributed by atoms with van der Waals surface area (Å²) in [6.07, 6.45) is -4.54. The van der Waals surface area contributed by atoms with E-state index in [4.69, 9.17) is 5.73 Å². The second-order valence-corrected chi connectivity index (χ2v) is 4.31. The molecule has 1 amide bonds. The molecule has 0 spiro atoms. The molecule has 7 heteroatoms. The highest BCUT2D eigenvalue weighted by Gasteiger charge is 2.30. The Bertz CT molecular complexity index is 663. The molecule has 110 valence electrons. The molecule has 3 N–H and O–H groups in total. The maximum Gasteiger partial charge on any atom is 0.416 e. The van der Waals surface area contributed by atoms with Crippen molar-refractivity contribution in [1.29, 1.82) is 0 Å². The van der Waals surface area contributed by atoms with Gasteiger partial charge in [0.1, 0.15) is 5.82 Å². The van der Waals surface area contributed by atoms with Crippen molar-refractivity contribution in [2.45, 2.75) is 6.18 Å². The second kappa shape index (κ2) is 5.43. The molecule has 0 saturated heterocycles. The predicted octanol–water partition coefficient (Wildman–Crippen LogP) is 3.68. The molecule has 0 bridgehead atoms. The van der Waals surface area contributed by atoms with Gasteiger partial charge in [-0.1, -0.05) is 6.07 Å². The standard InChI is InChI=1S/C14H10F4N2O/c15-10-5-11(19)7-12(6-10)20-13(21)8-2-1-3-9(4-8)14(16,17)18/h1-7H,19H2,(H,20,21). The Labute approximate surface area is 117 Å². The van der Waals surface area contributed by atoms with Gasteiger partial charge in [-0.3, -0.25) is 4.79 Å². The first-order valence-corrected chi connectivity index (χ1v) is 5.80. The fourth-order valence-corrected chi connectivity index (χ4v) is 1.72.